The Balaban J connectivity index is 2.25. The van der Waals surface area contributed by atoms with Crippen LogP contribution in [0.4, 0.5) is 11.4 Å². The van der Waals surface area contributed by atoms with Crippen LogP contribution in [0.15, 0.2) is 47.6 Å². The van der Waals surface area contributed by atoms with E-state index in [9.17, 15) is 4.79 Å². The maximum absolute atomic E-state index is 12.1. The highest BCUT2D eigenvalue weighted by atomic mass is 16.1. The van der Waals surface area contributed by atoms with E-state index in [0.717, 1.165) is 11.1 Å². The van der Waals surface area contributed by atoms with E-state index in [1.807, 2.05) is 26.0 Å². The molecule has 0 aliphatic carbocycles. The summed E-state index contributed by atoms with van der Waals surface area (Å²) in [6.07, 6.45) is 0. The quantitative estimate of drug-likeness (QED) is 0.495. The number of carbonyl (C=O) groups is 1. The molecule has 20 heavy (non-hydrogen) atoms. The fourth-order valence-electron chi connectivity index (χ4n) is 1.76. The highest BCUT2D eigenvalue weighted by molar-refractivity contribution is 6.04. The van der Waals surface area contributed by atoms with Gasteiger partial charge in [-0.25, -0.2) is 0 Å². The predicted molar refractivity (Wildman–Crippen MR) is 79.1 cm³/mol. The normalized spacial score (nSPS) is 9.70. The van der Waals surface area contributed by atoms with Crippen LogP contribution in [0.5, 0.6) is 0 Å². The van der Waals surface area contributed by atoms with Crippen LogP contribution >= 0.6 is 0 Å². The first-order valence-corrected chi connectivity index (χ1v) is 6.14. The van der Waals surface area contributed by atoms with Crippen LogP contribution in [0.1, 0.15) is 21.5 Å². The Hall–Kier alpha value is -2.78. The van der Waals surface area contributed by atoms with Gasteiger partial charge in [0.25, 0.3) is 5.91 Å². The summed E-state index contributed by atoms with van der Waals surface area (Å²) < 4.78 is 0. The van der Waals surface area contributed by atoms with Crippen molar-refractivity contribution >= 4 is 17.3 Å². The third kappa shape index (κ3) is 3.16. The summed E-state index contributed by atoms with van der Waals surface area (Å²) >= 11 is 0. The summed E-state index contributed by atoms with van der Waals surface area (Å²) in [5.41, 5.74) is 12.1. The zero-order chi connectivity index (χ0) is 14.5. The maximum Gasteiger partial charge on any atom is 0.255 e. The van der Waals surface area contributed by atoms with Gasteiger partial charge in [-0.2, -0.15) is 0 Å². The Morgan fingerprint density at radius 2 is 1.85 bits per heavy atom. The summed E-state index contributed by atoms with van der Waals surface area (Å²) in [6.45, 7) is 3.85. The van der Waals surface area contributed by atoms with E-state index in [0.29, 0.717) is 16.9 Å². The molecule has 0 saturated carbocycles. The van der Waals surface area contributed by atoms with E-state index in [4.69, 9.17) is 5.53 Å². The molecule has 0 heterocycles. The summed E-state index contributed by atoms with van der Waals surface area (Å²) in [6, 6.07) is 12.5. The zero-order valence-corrected chi connectivity index (χ0v) is 11.3. The monoisotopic (exact) mass is 266 g/mol. The van der Waals surface area contributed by atoms with Gasteiger partial charge < -0.3 is 5.32 Å². The lowest BCUT2D eigenvalue weighted by atomic mass is 10.1. The fraction of sp³-hybridized carbons (Fsp3) is 0.133. The van der Waals surface area contributed by atoms with Gasteiger partial charge in [-0.3, -0.25) is 4.79 Å². The smallest absolute Gasteiger partial charge is 0.255 e. The van der Waals surface area contributed by atoms with Crippen molar-refractivity contribution in [1.29, 1.82) is 0 Å². The van der Waals surface area contributed by atoms with Gasteiger partial charge in [-0.05, 0) is 43.1 Å². The third-order valence-electron chi connectivity index (χ3n) is 2.94. The number of anilines is 1. The molecule has 0 atom stereocenters. The SMILES string of the molecule is Cc1ccc(C(=O)Nc2cc(N=[N+]=[N-])ccc2C)cc1. The molecule has 1 N–H and O–H groups in total. The Bertz CT molecular complexity index is 686. The molecule has 2 rings (SSSR count). The van der Waals surface area contributed by atoms with E-state index < -0.39 is 0 Å². The molecular weight excluding hydrogens is 252 g/mol. The zero-order valence-electron chi connectivity index (χ0n) is 11.3. The summed E-state index contributed by atoms with van der Waals surface area (Å²) in [4.78, 5) is 14.9. The lowest BCUT2D eigenvalue weighted by Crippen LogP contribution is -2.12. The number of carbonyl (C=O) groups excluding carboxylic acids is 1. The lowest BCUT2D eigenvalue weighted by molar-refractivity contribution is 0.102. The fourth-order valence-corrected chi connectivity index (χ4v) is 1.76. The first-order valence-electron chi connectivity index (χ1n) is 6.14. The third-order valence-corrected chi connectivity index (χ3v) is 2.94. The van der Waals surface area contributed by atoms with Gasteiger partial charge in [0.05, 0.1) is 0 Å². The van der Waals surface area contributed by atoms with Crippen molar-refractivity contribution in [2.75, 3.05) is 5.32 Å². The number of nitrogens with one attached hydrogen (secondary N) is 1. The Morgan fingerprint density at radius 1 is 1.15 bits per heavy atom. The Kier molecular flexibility index (Phi) is 4.03. The van der Waals surface area contributed by atoms with Gasteiger partial charge in [-0.1, -0.05) is 34.9 Å². The summed E-state index contributed by atoms with van der Waals surface area (Å²) in [5, 5.41) is 6.35. The molecule has 2 aromatic carbocycles. The van der Waals surface area contributed by atoms with Crippen molar-refractivity contribution in [3.63, 3.8) is 0 Å². The number of amides is 1. The average Bonchev–Trinajstić information content (AvgIpc) is 2.43. The minimum Gasteiger partial charge on any atom is -0.322 e. The molecule has 2 aromatic rings. The molecule has 0 saturated heterocycles. The van der Waals surface area contributed by atoms with Crippen molar-refractivity contribution < 1.29 is 4.79 Å². The molecule has 100 valence electrons. The molecule has 1 amide bonds. The van der Waals surface area contributed by atoms with E-state index >= 15 is 0 Å². The number of benzene rings is 2. The first kappa shape index (κ1) is 13.6. The molecular formula is C15H14N4O. The Morgan fingerprint density at radius 3 is 2.50 bits per heavy atom. The second-order valence-electron chi connectivity index (χ2n) is 4.51. The molecule has 0 aliphatic rings. The summed E-state index contributed by atoms with van der Waals surface area (Å²) in [7, 11) is 0. The van der Waals surface area contributed by atoms with Crippen molar-refractivity contribution in [1.82, 2.24) is 0 Å². The molecule has 0 unspecified atom stereocenters. The second-order valence-corrected chi connectivity index (χ2v) is 4.51. The van der Waals surface area contributed by atoms with Gasteiger partial charge in [0, 0.05) is 21.8 Å². The van der Waals surface area contributed by atoms with Gasteiger partial charge in [-0.15, -0.1) is 0 Å². The topological polar surface area (TPSA) is 77.9 Å². The van der Waals surface area contributed by atoms with Crippen molar-refractivity contribution in [3.05, 3.63) is 69.6 Å². The van der Waals surface area contributed by atoms with E-state index in [-0.39, 0.29) is 5.91 Å². The molecule has 5 heteroatoms. The first-order chi connectivity index (χ1) is 9.60. The molecule has 0 spiro atoms. The van der Waals surface area contributed by atoms with E-state index in [1.54, 1.807) is 30.3 Å². The Labute approximate surface area is 116 Å². The highest BCUT2D eigenvalue weighted by Crippen LogP contribution is 2.23. The molecule has 0 radical (unpaired) electrons. The van der Waals surface area contributed by atoms with Crippen molar-refractivity contribution in [2.24, 2.45) is 5.11 Å². The summed E-state index contributed by atoms with van der Waals surface area (Å²) in [5.74, 6) is -0.189. The number of hydrogen-bond acceptors (Lipinski definition) is 2. The molecule has 0 bridgehead atoms. The van der Waals surface area contributed by atoms with Crippen LogP contribution in [0.3, 0.4) is 0 Å². The predicted octanol–water partition coefficient (Wildman–Crippen LogP) is 4.50. The largest absolute Gasteiger partial charge is 0.322 e. The second kappa shape index (κ2) is 5.91. The van der Waals surface area contributed by atoms with Crippen LogP contribution in [0, 0.1) is 13.8 Å². The van der Waals surface area contributed by atoms with Gasteiger partial charge in [0.15, 0.2) is 0 Å². The number of azide groups is 1. The number of rotatable bonds is 3. The standard InChI is InChI=1S/C15H14N4O/c1-10-3-6-12(7-4-10)15(20)17-14-9-13(18-19-16)8-5-11(14)2/h3-9H,1-2H3,(H,17,20). The minimum absolute atomic E-state index is 0.189. The number of hydrogen-bond donors (Lipinski definition) is 1. The molecule has 0 aromatic heterocycles. The average molecular weight is 266 g/mol. The molecule has 0 aliphatic heterocycles. The number of aryl methyl sites for hydroxylation is 2. The molecule has 5 nitrogen and oxygen atoms in total. The van der Waals surface area contributed by atoms with Gasteiger partial charge >= 0.3 is 0 Å². The van der Waals surface area contributed by atoms with Crippen molar-refractivity contribution in [2.45, 2.75) is 13.8 Å². The van der Waals surface area contributed by atoms with Gasteiger partial charge in [0.2, 0.25) is 0 Å². The van der Waals surface area contributed by atoms with Crippen molar-refractivity contribution in [3.8, 4) is 0 Å². The highest BCUT2D eigenvalue weighted by Gasteiger charge is 2.07. The van der Waals surface area contributed by atoms with Crippen LogP contribution in [-0.2, 0) is 0 Å². The van der Waals surface area contributed by atoms with Crippen LogP contribution in [0.25, 0.3) is 10.4 Å². The maximum atomic E-state index is 12.1. The number of nitrogens with zero attached hydrogens (tertiary/aromatic N) is 3. The minimum atomic E-state index is -0.189. The van der Waals surface area contributed by atoms with E-state index in [2.05, 4.69) is 15.3 Å². The van der Waals surface area contributed by atoms with Gasteiger partial charge in [0.1, 0.15) is 0 Å². The van der Waals surface area contributed by atoms with Crippen LogP contribution in [0.2, 0.25) is 0 Å². The van der Waals surface area contributed by atoms with Crippen LogP contribution < -0.4 is 5.32 Å². The lowest BCUT2D eigenvalue weighted by Gasteiger charge is -2.09. The molecule has 0 fully saturated rings. The van der Waals surface area contributed by atoms with Crippen LogP contribution in [-0.4, -0.2) is 5.91 Å². The van der Waals surface area contributed by atoms with E-state index in [1.165, 1.54) is 0 Å².